The van der Waals surface area contributed by atoms with Crippen molar-refractivity contribution in [3.05, 3.63) is 35.2 Å². The van der Waals surface area contributed by atoms with E-state index in [0.29, 0.717) is 6.54 Å². The van der Waals surface area contributed by atoms with Crippen LogP contribution in [0, 0.1) is 5.82 Å². The minimum Gasteiger partial charge on any atom is -0.494 e. The van der Waals surface area contributed by atoms with Crippen LogP contribution in [-0.4, -0.2) is 19.1 Å². The van der Waals surface area contributed by atoms with Crippen molar-refractivity contribution in [2.24, 2.45) is 0 Å². The van der Waals surface area contributed by atoms with Gasteiger partial charge >= 0.3 is 0 Å². The summed E-state index contributed by atoms with van der Waals surface area (Å²) in [6, 6.07) is 4.95. The minimum atomic E-state index is -0.353. The summed E-state index contributed by atoms with van der Waals surface area (Å²) in [4.78, 5) is 5.24. The van der Waals surface area contributed by atoms with Gasteiger partial charge in [-0.25, -0.2) is 9.37 Å². The molecule has 0 radical (unpaired) electrons. The van der Waals surface area contributed by atoms with E-state index in [-0.39, 0.29) is 11.6 Å². The molecule has 3 nitrogen and oxygen atoms in total. The number of hydrogen-bond donors (Lipinski definition) is 1. The van der Waals surface area contributed by atoms with Crippen molar-refractivity contribution in [2.75, 3.05) is 14.2 Å². The number of halogens is 1. The molecule has 0 atom stereocenters. The topological polar surface area (TPSA) is 34.2 Å². The average Bonchev–Trinajstić information content (AvgIpc) is 2.78. The maximum Gasteiger partial charge on any atom is 0.165 e. The van der Waals surface area contributed by atoms with Crippen molar-refractivity contribution in [1.82, 2.24) is 10.3 Å². The van der Waals surface area contributed by atoms with E-state index in [9.17, 15) is 4.39 Å². The smallest absolute Gasteiger partial charge is 0.165 e. The van der Waals surface area contributed by atoms with Crippen LogP contribution in [0.15, 0.2) is 23.7 Å². The number of ether oxygens (including phenoxy) is 1. The molecule has 0 saturated heterocycles. The lowest BCUT2D eigenvalue weighted by molar-refractivity contribution is 0.386. The molecule has 1 N–H and O–H groups in total. The molecule has 0 aliphatic rings. The Labute approximate surface area is 103 Å². The highest BCUT2D eigenvalue weighted by molar-refractivity contribution is 7.13. The van der Waals surface area contributed by atoms with E-state index < -0.39 is 0 Å². The summed E-state index contributed by atoms with van der Waals surface area (Å²) >= 11 is 1.51. The third kappa shape index (κ3) is 2.45. The Morgan fingerprint density at radius 3 is 2.94 bits per heavy atom. The second kappa shape index (κ2) is 5.25. The van der Waals surface area contributed by atoms with Crippen LogP contribution in [0.2, 0.25) is 0 Å². The van der Waals surface area contributed by atoms with Crippen molar-refractivity contribution in [1.29, 1.82) is 0 Å². The van der Waals surface area contributed by atoms with Crippen LogP contribution in [0.4, 0.5) is 4.39 Å². The van der Waals surface area contributed by atoms with Gasteiger partial charge in [0.1, 0.15) is 0 Å². The highest BCUT2D eigenvalue weighted by Crippen LogP contribution is 2.30. The molecule has 1 aromatic carbocycles. The van der Waals surface area contributed by atoms with Crippen molar-refractivity contribution in [2.45, 2.75) is 6.54 Å². The number of thiazole rings is 1. The molecule has 1 aromatic heterocycles. The lowest BCUT2D eigenvalue weighted by atomic mass is 10.1. The first-order chi connectivity index (χ1) is 8.26. The van der Waals surface area contributed by atoms with Crippen LogP contribution in [0.3, 0.4) is 0 Å². The van der Waals surface area contributed by atoms with Gasteiger partial charge in [-0.15, -0.1) is 11.3 Å². The molecule has 0 saturated carbocycles. The molecule has 2 rings (SSSR count). The third-order valence-electron chi connectivity index (χ3n) is 2.40. The van der Waals surface area contributed by atoms with Crippen molar-refractivity contribution >= 4 is 11.3 Å². The van der Waals surface area contributed by atoms with Crippen LogP contribution < -0.4 is 10.1 Å². The maximum atomic E-state index is 13.6. The van der Waals surface area contributed by atoms with Gasteiger partial charge in [-0.2, -0.15) is 0 Å². The molecule has 1 heterocycles. The first kappa shape index (κ1) is 12.0. The normalized spacial score (nSPS) is 10.5. The van der Waals surface area contributed by atoms with Gasteiger partial charge in [0.15, 0.2) is 11.6 Å². The van der Waals surface area contributed by atoms with Gasteiger partial charge < -0.3 is 10.1 Å². The highest BCUT2D eigenvalue weighted by Gasteiger charge is 2.10. The Bertz CT molecular complexity index is 513. The molecule has 0 aliphatic heterocycles. The van der Waals surface area contributed by atoms with Crippen LogP contribution in [0.1, 0.15) is 5.69 Å². The molecular formula is C12H13FN2OS. The quantitative estimate of drug-likeness (QED) is 0.908. The lowest BCUT2D eigenvalue weighted by Crippen LogP contribution is -2.06. The summed E-state index contributed by atoms with van der Waals surface area (Å²) in [5.41, 5.74) is 3.53. The van der Waals surface area contributed by atoms with Gasteiger partial charge in [0.25, 0.3) is 0 Å². The number of nitrogens with zero attached hydrogens (tertiary/aromatic N) is 1. The Morgan fingerprint density at radius 1 is 1.47 bits per heavy atom. The second-order valence-electron chi connectivity index (χ2n) is 3.51. The molecular weight excluding hydrogens is 239 g/mol. The minimum absolute atomic E-state index is 0.258. The van der Waals surface area contributed by atoms with Gasteiger partial charge in [-0.05, 0) is 30.8 Å². The first-order valence-corrected chi connectivity index (χ1v) is 6.05. The molecule has 0 aliphatic carbocycles. The van der Waals surface area contributed by atoms with E-state index in [1.165, 1.54) is 24.5 Å². The van der Waals surface area contributed by atoms with Crippen LogP contribution >= 0.6 is 11.3 Å². The van der Waals surface area contributed by atoms with Crippen molar-refractivity contribution < 1.29 is 9.13 Å². The number of nitrogens with one attached hydrogen (secondary N) is 1. The Kier molecular flexibility index (Phi) is 3.71. The zero-order valence-corrected chi connectivity index (χ0v) is 10.5. The summed E-state index contributed by atoms with van der Waals surface area (Å²) in [6.45, 7) is 0.673. The van der Waals surface area contributed by atoms with E-state index in [4.69, 9.17) is 4.74 Å². The predicted octanol–water partition coefficient (Wildman–Crippen LogP) is 2.68. The van der Waals surface area contributed by atoms with E-state index in [0.717, 1.165) is 16.1 Å². The number of aromatic nitrogens is 1. The SMILES string of the molecule is CNCc1ncsc1-c1ccc(OC)c(F)c1. The van der Waals surface area contributed by atoms with Crippen molar-refractivity contribution in [3.8, 4) is 16.2 Å². The maximum absolute atomic E-state index is 13.6. The standard InChI is InChI=1S/C12H13FN2OS/c1-14-6-10-12(17-7-15-10)8-3-4-11(16-2)9(13)5-8/h3-5,7,14H,6H2,1-2H3. The van der Waals surface area contributed by atoms with Crippen LogP contribution in [-0.2, 0) is 6.54 Å². The molecule has 0 bridgehead atoms. The monoisotopic (exact) mass is 252 g/mol. The molecule has 2 aromatic rings. The van der Waals surface area contributed by atoms with Gasteiger partial charge in [-0.3, -0.25) is 0 Å². The van der Waals surface area contributed by atoms with E-state index >= 15 is 0 Å². The lowest BCUT2D eigenvalue weighted by Gasteiger charge is -2.05. The van der Waals surface area contributed by atoms with Gasteiger partial charge in [0.05, 0.1) is 23.2 Å². The summed E-state index contributed by atoms with van der Waals surface area (Å²) in [5.74, 6) is -0.0951. The highest BCUT2D eigenvalue weighted by atomic mass is 32.1. The van der Waals surface area contributed by atoms with E-state index in [1.807, 2.05) is 13.1 Å². The average molecular weight is 252 g/mol. The van der Waals surface area contributed by atoms with Crippen LogP contribution in [0.25, 0.3) is 10.4 Å². The van der Waals surface area contributed by atoms with E-state index in [2.05, 4.69) is 10.3 Å². The molecule has 0 amide bonds. The fraction of sp³-hybridized carbons (Fsp3) is 0.250. The third-order valence-corrected chi connectivity index (χ3v) is 3.32. The Balaban J connectivity index is 2.39. The van der Waals surface area contributed by atoms with Crippen LogP contribution in [0.5, 0.6) is 5.75 Å². The zero-order chi connectivity index (χ0) is 12.3. The van der Waals surface area contributed by atoms with Gasteiger partial charge in [0.2, 0.25) is 0 Å². The Morgan fingerprint density at radius 2 is 2.29 bits per heavy atom. The van der Waals surface area contributed by atoms with E-state index in [1.54, 1.807) is 11.6 Å². The fourth-order valence-corrected chi connectivity index (χ4v) is 2.41. The molecule has 90 valence electrons. The number of rotatable bonds is 4. The number of hydrogen-bond acceptors (Lipinski definition) is 4. The van der Waals surface area contributed by atoms with Gasteiger partial charge in [-0.1, -0.05) is 0 Å². The summed E-state index contributed by atoms with van der Waals surface area (Å²) in [5, 5.41) is 3.04. The largest absolute Gasteiger partial charge is 0.494 e. The zero-order valence-electron chi connectivity index (χ0n) is 9.66. The molecule has 5 heteroatoms. The fourth-order valence-electron chi connectivity index (χ4n) is 1.60. The second-order valence-corrected chi connectivity index (χ2v) is 4.36. The molecule has 0 fully saturated rings. The number of methoxy groups -OCH3 is 1. The molecule has 0 unspecified atom stereocenters. The first-order valence-electron chi connectivity index (χ1n) is 5.17. The molecule has 17 heavy (non-hydrogen) atoms. The number of benzene rings is 1. The van der Waals surface area contributed by atoms with Gasteiger partial charge in [0, 0.05) is 6.54 Å². The Hall–Kier alpha value is -1.46. The molecule has 0 spiro atoms. The van der Waals surface area contributed by atoms with Crippen molar-refractivity contribution in [3.63, 3.8) is 0 Å². The summed E-state index contributed by atoms with van der Waals surface area (Å²) in [7, 11) is 3.31. The summed E-state index contributed by atoms with van der Waals surface area (Å²) in [6.07, 6.45) is 0. The summed E-state index contributed by atoms with van der Waals surface area (Å²) < 4.78 is 18.5. The predicted molar refractivity (Wildman–Crippen MR) is 66.8 cm³/mol.